The van der Waals surface area contributed by atoms with Gasteiger partial charge in [-0.3, -0.25) is 4.79 Å². The van der Waals surface area contributed by atoms with E-state index in [1.54, 1.807) is 0 Å². The Morgan fingerprint density at radius 1 is 1.57 bits per heavy atom. The van der Waals surface area contributed by atoms with Gasteiger partial charge in [0, 0.05) is 29.3 Å². The van der Waals surface area contributed by atoms with E-state index >= 15 is 0 Å². The predicted octanol–water partition coefficient (Wildman–Crippen LogP) is 2.65. The fraction of sp³-hybridized carbons (Fsp3) is 0.467. The minimum Gasteiger partial charge on any atom is -0.372 e. The van der Waals surface area contributed by atoms with Crippen LogP contribution in [0.4, 0.5) is 11.4 Å². The number of anilines is 2. The first-order valence-corrected chi connectivity index (χ1v) is 7.75. The number of amides is 1. The van der Waals surface area contributed by atoms with Crippen LogP contribution in [-0.2, 0) is 4.79 Å². The number of nitriles is 1. The first-order valence-electron chi connectivity index (χ1n) is 6.96. The monoisotopic (exact) mass is 350 g/mol. The second-order valence-electron chi connectivity index (χ2n) is 5.28. The highest BCUT2D eigenvalue weighted by Gasteiger charge is 2.31. The number of rotatable bonds is 5. The lowest BCUT2D eigenvalue weighted by atomic mass is 10.1. The van der Waals surface area contributed by atoms with E-state index in [-0.39, 0.29) is 17.9 Å². The van der Waals surface area contributed by atoms with E-state index in [0.29, 0.717) is 6.54 Å². The van der Waals surface area contributed by atoms with Crippen LogP contribution in [0.1, 0.15) is 25.5 Å². The minimum absolute atomic E-state index is 0.0241. The number of nitrogens with one attached hydrogen (secondary N) is 2. The Morgan fingerprint density at radius 2 is 2.29 bits per heavy atom. The molecule has 2 rings (SSSR count). The molecule has 112 valence electrons. The predicted molar refractivity (Wildman–Crippen MR) is 87.2 cm³/mol. The van der Waals surface area contributed by atoms with Crippen molar-refractivity contribution in [3.63, 3.8) is 0 Å². The molecule has 0 fully saturated rings. The topological polar surface area (TPSA) is 68.2 Å². The smallest absolute Gasteiger partial charge is 0.246 e. The summed E-state index contributed by atoms with van der Waals surface area (Å²) >= 11 is 3.57. The molecule has 0 bridgehead atoms. The molecule has 0 aromatic heterocycles. The summed E-state index contributed by atoms with van der Waals surface area (Å²) in [5, 5.41) is 15.0. The maximum Gasteiger partial charge on any atom is 0.246 e. The van der Waals surface area contributed by atoms with E-state index in [1.165, 1.54) is 0 Å². The van der Waals surface area contributed by atoms with Crippen LogP contribution in [0.25, 0.3) is 0 Å². The van der Waals surface area contributed by atoms with Crippen LogP contribution in [0.15, 0.2) is 16.6 Å². The Kier molecular flexibility index (Phi) is 4.86. The highest BCUT2D eigenvalue weighted by molar-refractivity contribution is 9.10. The molecule has 1 aromatic rings. The largest absolute Gasteiger partial charge is 0.372 e. The van der Waals surface area contributed by atoms with Gasteiger partial charge in [-0.2, -0.15) is 5.26 Å². The Morgan fingerprint density at radius 3 is 2.90 bits per heavy atom. The summed E-state index contributed by atoms with van der Waals surface area (Å²) in [6.07, 6.45) is 0. The summed E-state index contributed by atoms with van der Waals surface area (Å²) in [7, 11) is 1.94. The standard InChI is InChI=1S/C15H19BrN4O/c1-4-18-14-10-5-11(16)13(6-12(10)19-15(14)21)20(3)8-9(2)7-17/h5-6,9,14,18H,4,8H2,1-3H3,(H,19,21). The van der Waals surface area contributed by atoms with E-state index in [4.69, 9.17) is 5.26 Å². The number of hydrogen-bond acceptors (Lipinski definition) is 4. The van der Waals surface area contributed by atoms with Crippen LogP contribution >= 0.6 is 15.9 Å². The van der Waals surface area contributed by atoms with Gasteiger partial charge in [-0.05, 0) is 41.5 Å². The van der Waals surface area contributed by atoms with Gasteiger partial charge in [-0.15, -0.1) is 0 Å². The van der Waals surface area contributed by atoms with Gasteiger partial charge in [0.05, 0.1) is 17.7 Å². The van der Waals surface area contributed by atoms with E-state index < -0.39 is 0 Å². The van der Waals surface area contributed by atoms with Crippen molar-refractivity contribution in [2.75, 3.05) is 30.4 Å². The number of nitrogens with zero attached hydrogens (tertiary/aromatic N) is 2. The average Bonchev–Trinajstić information content (AvgIpc) is 2.74. The zero-order chi connectivity index (χ0) is 15.6. The maximum absolute atomic E-state index is 12.0. The van der Waals surface area contributed by atoms with Crippen LogP contribution < -0.4 is 15.5 Å². The maximum atomic E-state index is 12.0. The molecule has 21 heavy (non-hydrogen) atoms. The van der Waals surface area contributed by atoms with Gasteiger partial charge in [0.15, 0.2) is 0 Å². The Labute approximate surface area is 133 Å². The molecule has 2 atom stereocenters. The molecule has 0 saturated carbocycles. The summed E-state index contributed by atoms with van der Waals surface area (Å²) in [5.74, 6) is -0.0804. The first-order chi connectivity index (χ1) is 9.97. The number of benzene rings is 1. The quantitative estimate of drug-likeness (QED) is 0.856. The van der Waals surface area contributed by atoms with Crippen molar-refractivity contribution in [3.05, 3.63) is 22.2 Å². The second kappa shape index (κ2) is 6.46. The lowest BCUT2D eigenvalue weighted by molar-refractivity contribution is -0.117. The van der Waals surface area contributed by atoms with E-state index in [9.17, 15) is 4.79 Å². The van der Waals surface area contributed by atoms with Crippen molar-refractivity contribution < 1.29 is 4.79 Å². The SMILES string of the molecule is CCNC1C(=O)Nc2cc(N(C)CC(C)C#N)c(Br)cc21. The van der Waals surface area contributed by atoms with Crippen molar-refractivity contribution in [2.24, 2.45) is 5.92 Å². The number of fused-ring (bicyclic) bond motifs is 1. The summed E-state index contributed by atoms with van der Waals surface area (Å²) in [6, 6.07) is 5.87. The van der Waals surface area contributed by atoms with Crippen molar-refractivity contribution in [2.45, 2.75) is 19.9 Å². The Hall–Kier alpha value is -1.58. The molecule has 1 amide bonds. The average molecular weight is 351 g/mol. The molecule has 1 aliphatic heterocycles. The van der Waals surface area contributed by atoms with E-state index in [2.05, 4.69) is 32.6 Å². The van der Waals surface area contributed by atoms with Gasteiger partial charge < -0.3 is 15.5 Å². The molecule has 1 heterocycles. The van der Waals surface area contributed by atoms with Gasteiger partial charge in [0.25, 0.3) is 0 Å². The zero-order valence-corrected chi connectivity index (χ0v) is 14.0. The highest BCUT2D eigenvalue weighted by atomic mass is 79.9. The van der Waals surface area contributed by atoms with Crippen LogP contribution in [0.3, 0.4) is 0 Å². The molecule has 0 saturated heterocycles. The Balaban J connectivity index is 2.31. The summed E-state index contributed by atoms with van der Waals surface area (Å²) in [5.41, 5.74) is 2.76. The number of carbonyl (C=O) groups is 1. The molecule has 2 unspecified atom stereocenters. The van der Waals surface area contributed by atoms with E-state index in [0.717, 1.165) is 28.0 Å². The molecule has 0 spiro atoms. The van der Waals surface area contributed by atoms with Crippen LogP contribution in [0, 0.1) is 17.2 Å². The van der Waals surface area contributed by atoms with Crippen LogP contribution in [-0.4, -0.2) is 26.0 Å². The Bertz CT molecular complexity index is 596. The number of carbonyl (C=O) groups excluding carboxylic acids is 1. The fourth-order valence-electron chi connectivity index (χ4n) is 2.52. The minimum atomic E-state index is -0.293. The second-order valence-corrected chi connectivity index (χ2v) is 6.14. The molecule has 1 aliphatic rings. The van der Waals surface area contributed by atoms with Crippen LogP contribution in [0.5, 0.6) is 0 Å². The van der Waals surface area contributed by atoms with Crippen molar-refractivity contribution in [1.82, 2.24) is 5.32 Å². The van der Waals surface area contributed by atoms with Crippen molar-refractivity contribution in [1.29, 1.82) is 5.26 Å². The summed E-state index contributed by atoms with van der Waals surface area (Å²) < 4.78 is 0.924. The fourth-order valence-corrected chi connectivity index (χ4v) is 3.18. The summed E-state index contributed by atoms with van der Waals surface area (Å²) in [4.78, 5) is 14.0. The summed E-state index contributed by atoms with van der Waals surface area (Å²) in [6.45, 7) is 5.24. The van der Waals surface area contributed by atoms with Gasteiger partial charge in [-0.25, -0.2) is 0 Å². The van der Waals surface area contributed by atoms with Gasteiger partial charge in [0.2, 0.25) is 5.91 Å². The molecule has 0 aliphatic carbocycles. The first kappa shape index (κ1) is 15.8. The molecule has 6 heteroatoms. The van der Waals surface area contributed by atoms with Crippen molar-refractivity contribution >= 4 is 33.2 Å². The number of hydrogen-bond donors (Lipinski definition) is 2. The van der Waals surface area contributed by atoms with Crippen LogP contribution in [0.2, 0.25) is 0 Å². The lowest BCUT2D eigenvalue weighted by Gasteiger charge is -2.23. The lowest BCUT2D eigenvalue weighted by Crippen LogP contribution is -2.27. The molecular weight excluding hydrogens is 332 g/mol. The van der Waals surface area contributed by atoms with Gasteiger partial charge in [0.1, 0.15) is 6.04 Å². The highest BCUT2D eigenvalue weighted by Crippen LogP contribution is 2.38. The molecule has 2 N–H and O–H groups in total. The van der Waals surface area contributed by atoms with Gasteiger partial charge >= 0.3 is 0 Å². The third-order valence-electron chi connectivity index (χ3n) is 3.54. The third-order valence-corrected chi connectivity index (χ3v) is 4.17. The third kappa shape index (κ3) is 3.20. The molecule has 1 aromatic carbocycles. The van der Waals surface area contributed by atoms with Gasteiger partial charge in [-0.1, -0.05) is 6.92 Å². The van der Waals surface area contributed by atoms with Crippen molar-refractivity contribution in [3.8, 4) is 6.07 Å². The number of halogens is 1. The molecule has 5 nitrogen and oxygen atoms in total. The normalized spacial score (nSPS) is 17.9. The zero-order valence-electron chi connectivity index (χ0n) is 12.4. The molecular formula is C15H19BrN4O. The molecule has 0 radical (unpaired) electrons. The van der Waals surface area contributed by atoms with E-state index in [1.807, 2.05) is 37.9 Å². The number of likely N-dealkylation sites (N-methyl/N-ethyl adjacent to an activating group) is 1.